The highest BCUT2D eigenvalue weighted by Crippen LogP contribution is 2.16. The van der Waals surface area contributed by atoms with Gasteiger partial charge in [0.15, 0.2) is 6.10 Å². The van der Waals surface area contributed by atoms with Crippen LogP contribution in [0.2, 0.25) is 0 Å². The van der Waals surface area contributed by atoms with Crippen molar-refractivity contribution < 1.29 is 28.6 Å². The third-order valence-corrected chi connectivity index (χ3v) is 11.6. The SMILES string of the molecule is CC/C=C\C/C=C\C/C=C\CCCCCCCC(=O)O[C@H](COC(=O)CCCCCCC/C=C\CCCC)COC(=O)CCCCCCCCCCCCCCCCCCCC. The smallest absolute Gasteiger partial charge is 0.306 e. The van der Waals surface area contributed by atoms with Crippen LogP contribution in [0.25, 0.3) is 0 Å². The zero-order chi connectivity index (χ0) is 45.1. The largest absolute Gasteiger partial charge is 0.462 e. The van der Waals surface area contributed by atoms with E-state index in [4.69, 9.17) is 14.2 Å². The molecule has 0 heterocycles. The van der Waals surface area contributed by atoms with E-state index in [-0.39, 0.29) is 31.1 Å². The summed E-state index contributed by atoms with van der Waals surface area (Å²) in [6.45, 7) is 6.49. The van der Waals surface area contributed by atoms with Crippen LogP contribution in [0.1, 0.15) is 271 Å². The molecule has 0 aliphatic carbocycles. The first-order valence-corrected chi connectivity index (χ1v) is 26.6. The minimum atomic E-state index is -0.782. The summed E-state index contributed by atoms with van der Waals surface area (Å²) in [5.41, 5.74) is 0. The average Bonchev–Trinajstić information content (AvgIpc) is 3.27. The molecule has 0 amide bonds. The highest BCUT2D eigenvalue weighted by molar-refractivity contribution is 5.71. The van der Waals surface area contributed by atoms with Crippen molar-refractivity contribution in [2.45, 2.75) is 277 Å². The van der Waals surface area contributed by atoms with Crippen molar-refractivity contribution in [1.29, 1.82) is 0 Å². The zero-order valence-corrected chi connectivity index (χ0v) is 41.1. The standard InChI is InChI=1S/C56H100O6/c1-4-7-10-13-16-19-22-24-26-27-28-30-31-34-37-40-43-46-49-55(58)61-52-53(51-60-54(57)48-45-42-39-36-33-21-18-15-12-9-6-3)62-56(59)50-47-44-41-38-35-32-29-25-23-20-17-14-11-8-5-2/h8,11,15,17-18,20,25,29,53H,4-7,9-10,12-14,16,19,21-24,26-28,30-52H2,1-3H3/b11-8-,18-15-,20-17-,29-25-/t53-/m1/s1. The van der Waals surface area contributed by atoms with E-state index in [9.17, 15) is 14.4 Å². The lowest BCUT2D eigenvalue weighted by molar-refractivity contribution is -0.167. The van der Waals surface area contributed by atoms with E-state index in [0.717, 1.165) is 103 Å². The van der Waals surface area contributed by atoms with E-state index in [1.807, 2.05) is 0 Å². The third-order valence-electron chi connectivity index (χ3n) is 11.6. The first-order chi connectivity index (χ1) is 30.5. The normalized spacial score (nSPS) is 12.4. The van der Waals surface area contributed by atoms with Crippen LogP contribution in [0.5, 0.6) is 0 Å². The molecule has 360 valence electrons. The maximum Gasteiger partial charge on any atom is 0.306 e. The second-order valence-electron chi connectivity index (χ2n) is 17.8. The molecule has 0 aliphatic heterocycles. The number of carbonyl (C=O) groups is 3. The van der Waals surface area contributed by atoms with Crippen LogP contribution in [0.3, 0.4) is 0 Å². The van der Waals surface area contributed by atoms with Crippen molar-refractivity contribution in [3.05, 3.63) is 48.6 Å². The van der Waals surface area contributed by atoms with Gasteiger partial charge in [-0.2, -0.15) is 0 Å². The van der Waals surface area contributed by atoms with Crippen molar-refractivity contribution in [3.8, 4) is 0 Å². The Kier molecular flexibility index (Phi) is 48.8. The molecule has 0 saturated heterocycles. The van der Waals surface area contributed by atoms with Crippen LogP contribution in [-0.4, -0.2) is 37.2 Å². The van der Waals surface area contributed by atoms with E-state index in [1.54, 1.807) is 0 Å². The van der Waals surface area contributed by atoms with Crippen LogP contribution >= 0.6 is 0 Å². The topological polar surface area (TPSA) is 78.9 Å². The summed E-state index contributed by atoms with van der Waals surface area (Å²) in [6, 6.07) is 0. The number of unbranched alkanes of at least 4 members (excludes halogenated alkanes) is 29. The molecule has 0 aliphatic rings. The molecule has 0 fully saturated rings. The molecule has 0 spiro atoms. The summed E-state index contributed by atoms with van der Waals surface area (Å²) in [7, 11) is 0. The van der Waals surface area contributed by atoms with E-state index >= 15 is 0 Å². The number of hydrogen-bond donors (Lipinski definition) is 0. The zero-order valence-electron chi connectivity index (χ0n) is 41.1. The highest BCUT2D eigenvalue weighted by atomic mass is 16.6. The molecule has 0 saturated carbocycles. The molecule has 0 bridgehead atoms. The lowest BCUT2D eigenvalue weighted by Gasteiger charge is -2.18. The molecular formula is C56H100O6. The Bertz CT molecular complexity index is 1090. The van der Waals surface area contributed by atoms with Gasteiger partial charge in [0.25, 0.3) is 0 Å². The van der Waals surface area contributed by atoms with Crippen molar-refractivity contribution in [3.63, 3.8) is 0 Å². The quantitative estimate of drug-likeness (QED) is 0.0262. The van der Waals surface area contributed by atoms with Crippen LogP contribution in [0.4, 0.5) is 0 Å². The first-order valence-electron chi connectivity index (χ1n) is 26.6. The number of rotatable bonds is 48. The molecule has 0 unspecified atom stereocenters. The van der Waals surface area contributed by atoms with Gasteiger partial charge in [-0.05, 0) is 70.6 Å². The van der Waals surface area contributed by atoms with Gasteiger partial charge in [-0.15, -0.1) is 0 Å². The fraction of sp³-hybridized carbons (Fsp3) is 0.804. The predicted octanol–water partition coefficient (Wildman–Crippen LogP) is 17.5. The molecule has 0 N–H and O–H groups in total. The summed E-state index contributed by atoms with van der Waals surface area (Å²) in [5.74, 6) is -0.899. The van der Waals surface area contributed by atoms with Gasteiger partial charge in [0.05, 0.1) is 0 Å². The molecule has 0 aromatic heterocycles. The predicted molar refractivity (Wildman–Crippen MR) is 265 cm³/mol. The number of allylic oxidation sites excluding steroid dienone is 8. The van der Waals surface area contributed by atoms with Gasteiger partial charge in [0.2, 0.25) is 0 Å². The molecule has 1 atom stereocenters. The number of carbonyl (C=O) groups excluding carboxylic acids is 3. The molecule has 0 aromatic rings. The van der Waals surface area contributed by atoms with Gasteiger partial charge in [-0.3, -0.25) is 14.4 Å². The molecule has 0 rings (SSSR count). The van der Waals surface area contributed by atoms with Crippen molar-refractivity contribution in [2.24, 2.45) is 0 Å². The van der Waals surface area contributed by atoms with Crippen LogP contribution < -0.4 is 0 Å². The fourth-order valence-electron chi connectivity index (χ4n) is 7.56. The van der Waals surface area contributed by atoms with Gasteiger partial charge in [0, 0.05) is 19.3 Å². The number of hydrogen-bond acceptors (Lipinski definition) is 6. The van der Waals surface area contributed by atoms with Gasteiger partial charge in [-0.1, -0.05) is 230 Å². The van der Waals surface area contributed by atoms with Gasteiger partial charge < -0.3 is 14.2 Å². The van der Waals surface area contributed by atoms with Crippen molar-refractivity contribution in [2.75, 3.05) is 13.2 Å². The minimum Gasteiger partial charge on any atom is -0.462 e. The molecular weight excluding hydrogens is 769 g/mol. The van der Waals surface area contributed by atoms with Crippen molar-refractivity contribution in [1.82, 2.24) is 0 Å². The van der Waals surface area contributed by atoms with Gasteiger partial charge in [0.1, 0.15) is 13.2 Å². The third kappa shape index (κ3) is 48.4. The Morgan fingerprint density at radius 1 is 0.339 bits per heavy atom. The van der Waals surface area contributed by atoms with Crippen molar-refractivity contribution >= 4 is 17.9 Å². The summed E-state index contributed by atoms with van der Waals surface area (Å²) in [5, 5.41) is 0. The highest BCUT2D eigenvalue weighted by Gasteiger charge is 2.19. The second-order valence-corrected chi connectivity index (χ2v) is 17.8. The first kappa shape index (κ1) is 59.4. The Balaban J connectivity index is 4.34. The monoisotopic (exact) mass is 869 g/mol. The summed E-state index contributed by atoms with van der Waals surface area (Å²) in [6.07, 6.45) is 61.0. The molecule has 0 radical (unpaired) electrons. The summed E-state index contributed by atoms with van der Waals surface area (Å²) in [4.78, 5) is 38.0. The van der Waals surface area contributed by atoms with Crippen LogP contribution in [0.15, 0.2) is 48.6 Å². The Morgan fingerprint density at radius 2 is 0.645 bits per heavy atom. The number of esters is 3. The fourth-order valence-corrected chi connectivity index (χ4v) is 7.56. The van der Waals surface area contributed by atoms with E-state index in [1.165, 1.54) is 128 Å². The second kappa shape index (κ2) is 51.0. The average molecular weight is 869 g/mol. The Morgan fingerprint density at radius 3 is 1.05 bits per heavy atom. The Labute approximate surface area is 384 Å². The lowest BCUT2D eigenvalue weighted by atomic mass is 10.0. The van der Waals surface area contributed by atoms with E-state index < -0.39 is 6.10 Å². The molecule has 0 aromatic carbocycles. The minimum absolute atomic E-state index is 0.0804. The maximum absolute atomic E-state index is 12.8. The van der Waals surface area contributed by atoms with Crippen LogP contribution in [0, 0.1) is 0 Å². The molecule has 6 heteroatoms. The van der Waals surface area contributed by atoms with Gasteiger partial charge >= 0.3 is 17.9 Å². The summed E-state index contributed by atoms with van der Waals surface area (Å²) >= 11 is 0. The molecule has 6 nitrogen and oxygen atoms in total. The lowest BCUT2D eigenvalue weighted by Crippen LogP contribution is -2.30. The van der Waals surface area contributed by atoms with Gasteiger partial charge in [-0.25, -0.2) is 0 Å². The summed E-state index contributed by atoms with van der Waals surface area (Å²) < 4.78 is 16.8. The van der Waals surface area contributed by atoms with E-state index in [2.05, 4.69) is 69.4 Å². The number of ether oxygens (including phenoxy) is 3. The maximum atomic E-state index is 12.8. The molecule has 62 heavy (non-hydrogen) atoms. The Hall–Kier alpha value is -2.63. The van der Waals surface area contributed by atoms with Crippen LogP contribution in [-0.2, 0) is 28.6 Å². The van der Waals surface area contributed by atoms with E-state index in [0.29, 0.717) is 19.3 Å².